The minimum atomic E-state index is -0.829. The Kier molecular flexibility index (Phi) is 7.10. The molecule has 0 fully saturated rings. The van der Waals surface area contributed by atoms with Crippen molar-refractivity contribution in [1.29, 1.82) is 0 Å². The molecule has 114 valence electrons. The highest BCUT2D eigenvalue weighted by atomic mass is 19.2. The molecule has 2 unspecified atom stereocenters. The van der Waals surface area contributed by atoms with E-state index in [0.29, 0.717) is 12.3 Å². The molecule has 20 heavy (non-hydrogen) atoms. The molecule has 2 nitrogen and oxygen atoms in total. The largest absolute Gasteiger partial charge is 0.324 e. The van der Waals surface area contributed by atoms with Gasteiger partial charge in [-0.2, -0.15) is 0 Å². The van der Waals surface area contributed by atoms with Gasteiger partial charge < -0.3 is 10.6 Å². The SMILES string of the molecule is CCC(C)CN(CC)CCC(N)c1cccc(F)c1F. The quantitative estimate of drug-likeness (QED) is 0.788. The molecule has 4 heteroatoms. The molecule has 0 saturated heterocycles. The van der Waals surface area contributed by atoms with Crippen LogP contribution in [-0.2, 0) is 0 Å². The first kappa shape index (κ1) is 17.1. The van der Waals surface area contributed by atoms with Crippen LogP contribution in [0, 0.1) is 17.6 Å². The molecular weight excluding hydrogens is 258 g/mol. The van der Waals surface area contributed by atoms with Gasteiger partial charge in [0.25, 0.3) is 0 Å². The molecule has 1 aromatic carbocycles. The monoisotopic (exact) mass is 284 g/mol. The third-order valence-electron chi connectivity index (χ3n) is 3.85. The van der Waals surface area contributed by atoms with E-state index in [4.69, 9.17) is 5.73 Å². The Hall–Kier alpha value is -1.00. The highest BCUT2D eigenvalue weighted by molar-refractivity contribution is 5.22. The molecule has 0 saturated carbocycles. The second-order valence-electron chi connectivity index (χ2n) is 5.44. The van der Waals surface area contributed by atoms with Crippen molar-refractivity contribution < 1.29 is 8.78 Å². The maximum Gasteiger partial charge on any atom is 0.163 e. The molecule has 0 heterocycles. The molecule has 0 aliphatic carbocycles. The summed E-state index contributed by atoms with van der Waals surface area (Å²) < 4.78 is 26.8. The van der Waals surface area contributed by atoms with E-state index in [0.717, 1.165) is 32.1 Å². The van der Waals surface area contributed by atoms with E-state index in [1.165, 1.54) is 6.07 Å². The first-order valence-corrected chi connectivity index (χ1v) is 7.41. The van der Waals surface area contributed by atoms with E-state index in [9.17, 15) is 8.78 Å². The number of benzene rings is 1. The lowest BCUT2D eigenvalue weighted by Crippen LogP contribution is -2.31. The summed E-state index contributed by atoms with van der Waals surface area (Å²) in [6.07, 6.45) is 1.77. The smallest absolute Gasteiger partial charge is 0.163 e. The van der Waals surface area contributed by atoms with Gasteiger partial charge in [0.1, 0.15) is 0 Å². The Labute approximate surface area is 121 Å². The van der Waals surface area contributed by atoms with Crippen molar-refractivity contribution in [3.05, 3.63) is 35.4 Å². The van der Waals surface area contributed by atoms with Crippen LogP contribution in [0.5, 0.6) is 0 Å². The Morgan fingerprint density at radius 2 is 1.95 bits per heavy atom. The van der Waals surface area contributed by atoms with Gasteiger partial charge in [0.2, 0.25) is 0 Å². The number of hydrogen-bond acceptors (Lipinski definition) is 2. The fraction of sp³-hybridized carbons (Fsp3) is 0.625. The zero-order chi connectivity index (χ0) is 15.1. The molecule has 2 atom stereocenters. The molecule has 2 N–H and O–H groups in total. The molecular formula is C16H26F2N2. The Bertz CT molecular complexity index is 409. The molecule has 0 radical (unpaired) electrons. The zero-order valence-corrected chi connectivity index (χ0v) is 12.7. The summed E-state index contributed by atoms with van der Waals surface area (Å²) >= 11 is 0. The van der Waals surface area contributed by atoms with Crippen LogP contribution in [0.25, 0.3) is 0 Å². The first-order valence-electron chi connectivity index (χ1n) is 7.41. The highest BCUT2D eigenvalue weighted by Gasteiger charge is 2.16. The fourth-order valence-corrected chi connectivity index (χ4v) is 2.23. The Morgan fingerprint density at radius 1 is 1.25 bits per heavy atom. The van der Waals surface area contributed by atoms with Gasteiger partial charge in [0.15, 0.2) is 11.6 Å². The molecule has 0 bridgehead atoms. The Balaban J connectivity index is 2.57. The molecule has 1 aromatic rings. The van der Waals surface area contributed by atoms with Gasteiger partial charge in [-0.3, -0.25) is 0 Å². The second-order valence-corrected chi connectivity index (χ2v) is 5.44. The van der Waals surface area contributed by atoms with Gasteiger partial charge in [0.05, 0.1) is 0 Å². The fourth-order valence-electron chi connectivity index (χ4n) is 2.23. The number of rotatable bonds is 8. The van der Waals surface area contributed by atoms with Crippen molar-refractivity contribution >= 4 is 0 Å². The van der Waals surface area contributed by atoms with Crippen LogP contribution in [0.3, 0.4) is 0 Å². The van der Waals surface area contributed by atoms with Crippen molar-refractivity contribution in [3.63, 3.8) is 0 Å². The van der Waals surface area contributed by atoms with Crippen LogP contribution >= 0.6 is 0 Å². The van der Waals surface area contributed by atoms with Crippen molar-refractivity contribution in [2.45, 2.75) is 39.7 Å². The molecule has 0 aliphatic rings. The highest BCUT2D eigenvalue weighted by Crippen LogP contribution is 2.20. The van der Waals surface area contributed by atoms with Crippen LogP contribution in [0.4, 0.5) is 8.78 Å². The lowest BCUT2D eigenvalue weighted by atomic mass is 10.0. The lowest BCUT2D eigenvalue weighted by molar-refractivity contribution is 0.237. The lowest BCUT2D eigenvalue weighted by Gasteiger charge is -2.25. The third-order valence-corrected chi connectivity index (χ3v) is 3.85. The van der Waals surface area contributed by atoms with Crippen LogP contribution in [0.15, 0.2) is 18.2 Å². The summed E-state index contributed by atoms with van der Waals surface area (Å²) in [6, 6.07) is 3.72. The average molecular weight is 284 g/mol. The van der Waals surface area contributed by atoms with Gasteiger partial charge in [0, 0.05) is 18.2 Å². The number of hydrogen-bond donors (Lipinski definition) is 1. The van der Waals surface area contributed by atoms with E-state index in [1.807, 2.05) is 0 Å². The summed E-state index contributed by atoms with van der Waals surface area (Å²) in [6.45, 7) is 9.27. The average Bonchev–Trinajstić information content (AvgIpc) is 2.45. The predicted molar refractivity (Wildman–Crippen MR) is 79.5 cm³/mol. The minimum absolute atomic E-state index is 0.268. The third kappa shape index (κ3) is 4.84. The molecule has 0 spiro atoms. The number of nitrogens with two attached hydrogens (primary N) is 1. The van der Waals surface area contributed by atoms with Crippen molar-refractivity contribution in [3.8, 4) is 0 Å². The summed E-state index contributed by atoms with van der Waals surface area (Å²) in [5.41, 5.74) is 6.27. The summed E-state index contributed by atoms with van der Waals surface area (Å²) in [5, 5.41) is 0. The van der Waals surface area contributed by atoms with Gasteiger partial charge in [-0.25, -0.2) is 8.78 Å². The zero-order valence-electron chi connectivity index (χ0n) is 12.7. The van der Waals surface area contributed by atoms with Crippen molar-refractivity contribution in [2.24, 2.45) is 11.7 Å². The maximum absolute atomic E-state index is 13.7. The maximum atomic E-state index is 13.7. The van der Waals surface area contributed by atoms with Gasteiger partial charge in [-0.1, -0.05) is 39.3 Å². The normalized spacial score (nSPS) is 14.6. The van der Waals surface area contributed by atoms with E-state index >= 15 is 0 Å². The predicted octanol–water partition coefficient (Wildman–Crippen LogP) is 3.72. The summed E-state index contributed by atoms with van der Waals surface area (Å²) in [7, 11) is 0. The van der Waals surface area contributed by atoms with Crippen molar-refractivity contribution in [1.82, 2.24) is 4.90 Å². The standard InChI is InChI=1S/C16H26F2N2/c1-4-12(3)11-20(5-2)10-9-15(19)13-7-6-8-14(17)16(13)18/h6-8,12,15H,4-5,9-11,19H2,1-3H3. The van der Waals surface area contributed by atoms with Crippen LogP contribution in [-0.4, -0.2) is 24.5 Å². The summed E-state index contributed by atoms with van der Waals surface area (Å²) in [5.74, 6) is -1.01. The molecule has 0 aliphatic heterocycles. The van der Waals surface area contributed by atoms with E-state index in [1.54, 1.807) is 6.07 Å². The van der Waals surface area contributed by atoms with Crippen LogP contribution in [0.1, 0.15) is 45.2 Å². The van der Waals surface area contributed by atoms with Gasteiger partial charge in [-0.15, -0.1) is 0 Å². The minimum Gasteiger partial charge on any atom is -0.324 e. The van der Waals surface area contributed by atoms with E-state index in [2.05, 4.69) is 25.7 Å². The van der Waals surface area contributed by atoms with Crippen LogP contribution in [0.2, 0.25) is 0 Å². The van der Waals surface area contributed by atoms with Gasteiger partial charge in [-0.05, 0) is 31.5 Å². The number of halogens is 2. The molecule has 0 amide bonds. The van der Waals surface area contributed by atoms with Crippen LogP contribution < -0.4 is 5.73 Å². The van der Waals surface area contributed by atoms with Gasteiger partial charge >= 0.3 is 0 Å². The summed E-state index contributed by atoms with van der Waals surface area (Å²) in [4.78, 5) is 2.31. The number of nitrogens with zero attached hydrogens (tertiary/aromatic N) is 1. The Morgan fingerprint density at radius 3 is 2.55 bits per heavy atom. The van der Waals surface area contributed by atoms with E-state index < -0.39 is 17.7 Å². The second kappa shape index (κ2) is 8.32. The van der Waals surface area contributed by atoms with E-state index in [-0.39, 0.29) is 5.56 Å². The first-order chi connectivity index (χ1) is 9.49. The molecule has 1 rings (SSSR count). The molecule has 0 aromatic heterocycles. The topological polar surface area (TPSA) is 29.3 Å². The van der Waals surface area contributed by atoms with Crippen molar-refractivity contribution in [2.75, 3.05) is 19.6 Å².